The molecule has 0 aromatic carbocycles. The summed E-state index contributed by atoms with van der Waals surface area (Å²) in [7, 11) is 0. The van der Waals surface area contributed by atoms with Gasteiger partial charge in [0.25, 0.3) is 0 Å². The van der Waals surface area contributed by atoms with E-state index in [0.29, 0.717) is 6.42 Å². The molecule has 1 atom stereocenters. The summed E-state index contributed by atoms with van der Waals surface area (Å²) in [5.41, 5.74) is -0.736. The average Bonchev–Trinajstić information content (AvgIpc) is 1.86. The standard InChI is InChI=1S/C7H12O2/c1-4-7(3,5-8)6(2)9/h5H,4H2,1-3H3. The Kier molecular flexibility index (Phi) is 2.56. The highest BCUT2D eigenvalue weighted by molar-refractivity contribution is 5.95. The molecule has 0 aliphatic carbocycles. The van der Waals surface area contributed by atoms with Crippen LogP contribution in [0.1, 0.15) is 27.2 Å². The van der Waals surface area contributed by atoms with Gasteiger partial charge in [-0.1, -0.05) is 6.92 Å². The molecule has 0 radical (unpaired) electrons. The van der Waals surface area contributed by atoms with E-state index in [1.807, 2.05) is 6.92 Å². The molecule has 0 bridgehead atoms. The van der Waals surface area contributed by atoms with Gasteiger partial charge in [-0.3, -0.25) is 4.79 Å². The zero-order valence-corrected chi connectivity index (χ0v) is 6.10. The van der Waals surface area contributed by atoms with Crippen LogP contribution in [0.5, 0.6) is 0 Å². The summed E-state index contributed by atoms with van der Waals surface area (Å²) in [5, 5.41) is 0. The molecule has 0 aliphatic rings. The van der Waals surface area contributed by atoms with Crippen LogP contribution in [0.4, 0.5) is 0 Å². The first-order valence-corrected chi connectivity index (χ1v) is 3.04. The number of Topliss-reactive ketones (excluding diaryl/α,β-unsaturated/α-hetero) is 1. The van der Waals surface area contributed by atoms with Crippen molar-refractivity contribution in [2.45, 2.75) is 27.2 Å². The molecule has 0 saturated carbocycles. The third kappa shape index (κ3) is 1.63. The molecule has 9 heavy (non-hydrogen) atoms. The van der Waals surface area contributed by atoms with Crippen LogP contribution in [0.2, 0.25) is 0 Å². The molecule has 0 amide bonds. The first-order valence-electron chi connectivity index (χ1n) is 3.04. The Labute approximate surface area is 55.3 Å². The van der Waals surface area contributed by atoms with Gasteiger partial charge in [-0.15, -0.1) is 0 Å². The lowest BCUT2D eigenvalue weighted by molar-refractivity contribution is -0.132. The van der Waals surface area contributed by atoms with Crippen molar-refractivity contribution in [2.75, 3.05) is 0 Å². The summed E-state index contributed by atoms with van der Waals surface area (Å²) >= 11 is 0. The molecule has 0 aliphatic heterocycles. The maximum atomic E-state index is 10.7. The molecule has 0 spiro atoms. The topological polar surface area (TPSA) is 34.1 Å². The van der Waals surface area contributed by atoms with Gasteiger partial charge >= 0.3 is 0 Å². The van der Waals surface area contributed by atoms with Gasteiger partial charge < -0.3 is 4.79 Å². The summed E-state index contributed by atoms with van der Waals surface area (Å²) < 4.78 is 0. The average molecular weight is 128 g/mol. The van der Waals surface area contributed by atoms with Crippen molar-refractivity contribution in [3.05, 3.63) is 0 Å². The van der Waals surface area contributed by atoms with Crippen LogP contribution in [0.25, 0.3) is 0 Å². The minimum atomic E-state index is -0.736. The van der Waals surface area contributed by atoms with Crippen molar-refractivity contribution in [3.63, 3.8) is 0 Å². The van der Waals surface area contributed by atoms with Gasteiger partial charge in [0.1, 0.15) is 12.1 Å². The van der Waals surface area contributed by atoms with E-state index in [2.05, 4.69) is 0 Å². The fourth-order valence-electron chi connectivity index (χ4n) is 0.415. The molecule has 0 fully saturated rings. The Bertz CT molecular complexity index is 129. The quantitative estimate of drug-likeness (QED) is 0.422. The first kappa shape index (κ1) is 8.34. The Morgan fingerprint density at radius 1 is 1.67 bits per heavy atom. The Hall–Kier alpha value is -0.660. The van der Waals surface area contributed by atoms with Gasteiger partial charge in [0.05, 0.1) is 5.41 Å². The zero-order chi connectivity index (χ0) is 7.49. The molecule has 0 saturated heterocycles. The highest BCUT2D eigenvalue weighted by Crippen LogP contribution is 2.17. The van der Waals surface area contributed by atoms with Crippen molar-refractivity contribution in [2.24, 2.45) is 5.41 Å². The number of ketones is 1. The molecule has 2 heteroatoms. The second-order valence-corrected chi connectivity index (χ2v) is 2.45. The molecule has 0 N–H and O–H groups in total. The molecule has 2 nitrogen and oxygen atoms in total. The van der Waals surface area contributed by atoms with Crippen LogP contribution in [-0.4, -0.2) is 12.1 Å². The highest BCUT2D eigenvalue weighted by atomic mass is 16.1. The molecule has 0 rings (SSSR count). The monoisotopic (exact) mass is 128 g/mol. The Balaban J connectivity index is 4.27. The second-order valence-electron chi connectivity index (χ2n) is 2.45. The summed E-state index contributed by atoms with van der Waals surface area (Å²) in [5.74, 6) is -0.0556. The van der Waals surface area contributed by atoms with Crippen molar-refractivity contribution < 1.29 is 9.59 Å². The number of hydrogen-bond donors (Lipinski definition) is 0. The number of aldehydes is 1. The summed E-state index contributed by atoms with van der Waals surface area (Å²) in [6.07, 6.45) is 1.31. The summed E-state index contributed by atoms with van der Waals surface area (Å²) in [4.78, 5) is 21.0. The summed E-state index contributed by atoms with van der Waals surface area (Å²) in [6.45, 7) is 4.93. The summed E-state index contributed by atoms with van der Waals surface area (Å²) in [6, 6.07) is 0. The molecule has 0 heterocycles. The molecular weight excluding hydrogens is 116 g/mol. The number of carbonyl (C=O) groups excluding carboxylic acids is 2. The van der Waals surface area contributed by atoms with Crippen LogP contribution < -0.4 is 0 Å². The van der Waals surface area contributed by atoms with E-state index in [4.69, 9.17) is 0 Å². The molecular formula is C7H12O2. The predicted molar refractivity (Wildman–Crippen MR) is 35.1 cm³/mol. The van der Waals surface area contributed by atoms with Crippen LogP contribution in [0.15, 0.2) is 0 Å². The number of hydrogen-bond acceptors (Lipinski definition) is 2. The third-order valence-corrected chi connectivity index (χ3v) is 1.80. The third-order valence-electron chi connectivity index (χ3n) is 1.80. The van der Waals surface area contributed by atoms with Crippen molar-refractivity contribution in [1.82, 2.24) is 0 Å². The zero-order valence-electron chi connectivity index (χ0n) is 6.10. The van der Waals surface area contributed by atoms with Crippen molar-refractivity contribution in [3.8, 4) is 0 Å². The largest absolute Gasteiger partial charge is 0.302 e. The molecule has 0 aromatic heterocycles. The Morgan fingerprint density at radius 2 is 2.11 bits per heavy atom. The van der Waals surface area contributed by atoms with E-state index in [9.17, 15) is 9.59 Å². The lowest BCUT2D eigenvalue weighted by Crippen LogP contribution is -2.25. The molecule has 0 aromatic rings. The molecule has 52 valence electrons. The van der Waals surface area contributed by atoms with E-state index in [-0.39, 0.29) is 5.78 Å². The minimum Gasteiger partial charge on any atom is -0.302 e. The first-order chi connectivity index (χ1) is 4.06. The SMILES string of the molecule is CCC(C)(C=O)C(C)=O. The fraction of sp³-hybridized carbons (Fsp3) is 0.714. The fourth-order valence-corrected chi connectivity index (χ4v) is 0.415. The van der Waals surface area contributed by atoms with Crippen LogP contribution in [-0.2, 0) is 9.59 Å². The van der Waals surface area contributed by atoms with E-state index in [1.165, 1.54) is 6.92 Å². The number of rotatable bonds is 3. The molecule has 1 unspecified atom stereocenters. The van der Waals surface area contributed by atoms with Crippen molar-refractivity contribution >= 4 is 12.1 Å². The van der Waals surface area contributed by atoms with Gasteiger partial charge in [0.15, 0.2) is 0 Å². The number of carbonyl (C=O) groups is 2. The van der Waals surface area contributed by atoms with Gasteiger partial charge in [0.2, 0.25) is 0 Å². The van der Waals surface area contributed by atoms with Crippen LogP contribution >= 0.6 is 0 Å². The van der Waals surface area contributed by atoms with E-state index in [1.54, 1.807) is 6.92 Å². The van der Waals surface area contributed by atoms with E-state index < -0.39 is 5.41 Å². The van der Waals surface area contributed by atoms with E-state index >= 15 is 0 Å². The van der Waals surface area contributed by atoms with Crippen LogP contribution in [0, 0.1) is 5.41 Å². The highest BCUT2D eigenvalue weighted by Gasteiger charge is 2.26. The maximum absolute atomic E-state index is 10.7. The lowest BCUT2D eigenvalue weighted by Gasteiger charge is -2.15. The van der Waals surface area contributed by atoms with Gasteiger partial charge in [-0.25, -0.2) is 0 Å². The second kappa shape index (κ2) is 2.76. The Morgan fingerprint density at radius 3 is 2.11 bits per heavy atom. The maximum Gasteiger partial charge on any atom is 0.142 e. The van der Waals surface area contributed by atoms with E-state index in [0.717, 1.165) is 6.29 Å². The predicted octanol–water partition coefficient (Wildman–Crippen LogP) is 1.19. The van der Waals surface area contributed by atoms with Gasteiger partial charge in [-0.05, 0) is 20.3 Å². The lowest BCUT2D eigenvalue weighted by atomic mass is 9.86. The van der Waals surface area contributed by atoms with Crippen LogP contribution in [0.3, 0.4) is 0 Å². The van der Waals surface area contributed by atoms with Crippen molar-refractivity contribution in [1.29, 1.82) is 0 Å². The van der Waals surface area contributed by atoms with Gasteiger partial charge in [0, 0.05) is 0 Å². The normalized spacial score (nSPS) is 16.3. The minimum absolute atomic E-state index is 0.0556. The smallest absolute Gasteiger partial charge is 0.142 e. The van der Waals surface area contributed by atoms with Gasteiger partial charge in [-0.2, -0.15) is 0 Å².